The van der Waals surface area contributed by atoms with Crippen molar-refractivity contribution in [2.75, 3.05) is 11.6 Å². The highest BCUT2D eigenvalue weighted by molar-refractivity contribution is 6.02. The molecular weight excluding hydrogens is 234 g/mol. The summed E-state index contributed by atoms with van der Waals surface area (Å²) in [6.07, 6.45) is 2.87. The number of carboxylic acids is 1. The minimum atomic E-state index is -1.04. The second kappa shape index (κ2) is 3.78. The quantitative estimate of drug-likeness (QED) is 0.798. The van der Waals surface area contributed by atoms with Crippen molar-refractivity contribution in [2.24, 2.45) is 4.99 Å². The predicted octanol–water partition coefficient (Wildman–Crippen LogP) is 1.84. The minimum absolute atomic E-state index is 0.0983. The van der Waals surface area contributed by atoms with Crippen molar-refractivity contribution < 1.29 is 15.1 Å². The van der Waals surface area contributed by atoms with E-state index < -0.39 is 5.97 Å². The van der Waals surface area contributed by atoms with Crippen LogP contribution in [0, 0.1) is 0 Å². The summed E-state index contributed by atoms with van der Waals surface area (Å²) in [5.41, 5.74) is 1.83. The van der Waals surface area contributed by atoms with Gasteiger partial charge < -0.3 is 5.11 Å². The van der Waals surface area contributed by atoms with Crippen molar-refractivity contribution in [1.29, 1.82) is 0 Å². The Balaban J connectivity index is 2.33. The van der Waals surface area contributed by atoms with E-state index in [2.05, 4.69) is 9.98 Å². The Morgan fingerprint density at radius 3 is 3.00 bits per heavy atom. The smallest absolute Gasteiger partial charge is 0.337 e. The maximum absolute atomic E-state index is 10.9. The highest BCUT2D eigenvalue weighted by atomic mass is 16.5. The van der Waals surface area contributed by atoms with Crippen LogP contribution in [0.15, 0.2) is 29.4 Å². The number of carbonyl (C=O) groups is 1. The molecule has 18 heavy (non-hydrogen) atoms. The van der Waals surface area contributed by atoms with Crippen LogP contribution >= 0.6 is 0 Å². The number of benzene rings is 1. The van der Waals surface area contributed by atoms with Gasteiger partial charge in [-0.05, 0) is 18.2 Å². The van der Waals surface area contributed by atoms with Gasteiger partial charge >= 0.3 is 5.97 Å². The van der Waals surface area contributed by atoms with Crippen molar-refractivity contribution in [2.45, 2.75) is 0 Å². The lowest BCUT2D eigenvalue weighted by Crippen LogP contribution is -2.22. The van der Waals surface area contributed by atoms with Crippen molar-refractivity contribution in [3.8, 4) is 0 Å². The molecule has 0 radical (unpaired) electrons. The van der Waals surface area contributed by atoms with E-state index in [-0.39, 0.29) is 5.56 Å². The van der Waals surface area contributed by atoms with Gasteiger partial charge in [0.1, 0.15) is 0 Å². The lowest BCUT2D eigenvalue weighted by Gasteiger charge is -2.21. The molecule has 0 saturated carbocycles. The molecule has 0 bridgehead atoms. The number of hydroxylamine groups is 1. The largest absolute Gasteiger partial charge is 0.478 e. The maximum Gasteiger partial charge on any atom is 0.337 e. The summed E-state index contributed by atoms with van der Waals surface area (Å²) in [7, 11) is 0. The molecule has 0 spiro atoms. The van der Waals surface area contributed by atoms with E-state index in [0.717, 1.165) is 5.06 Å². The van der Waals surface area contributed by atoms with E-state index in [1.807, 2.05) is 0 Å². The fourth-order valence-corrected chi connectivity index (χ4v) is 1.94. The van der Waals surface area contributed by atoms with Crippen molar-refractivity contribution in [3.63, 3.8) is 0 Å². The third-order valence-corrected chi connectivity index (χ3v) is 2.82. The van der Waals surface area contributed by atoms with Gasteiger partial charge in [0.25, 0.3) is 0 Å². The lowest BCUT2D eigenvalue weighted by atomic mass is 10.1. The summed E-state index contributed by atoms with van der Waals surface area (Å²) in [5.74, 6) is -1.04. The van der Waals surface area contributed by atoms with Crippen LogP contribution in [-0.2, 0) is 0 Å². The predicted molar refractivity (Wildman–Crippen MR) is 66.0 cm³/mol. The molecule has 2 aromatic rings. The average molecular weight is 243 g/mol. The Hall–Kier alpha value is -2.47. The highest BCUT2D eigenvalue weighted by Gasteiger charge is 2.16. The molecule has 0 saturated heterocycles. The molecule has 0 amide bonds. The van der Waals surface area contributed by atoms with Gasteiger partial charge in [0.05, 0.1) is 29.0 Å². The fourth-order valence-electron chi connectivity index (χ4n) is 1.94. The van der Waals surface area contributed by atoms with Crippen LogP contribution in [0.5, 0.6) is 0 Å². The first kappa shape index (κ1) is 10.7. The third kappa shape index (κ3) is 1.51. The number of rotatable bonds is 1. The van der Waals surface area contributed by atoms with Crippen LogP contribution in [-0.4, -0.2) is 34.0 Å². The van der Waals surface area contributed by atoms with E-state index in [9.17, 15) is 10.0 Å². The molecule has 2 heterocycles. The molecule has 1 aromatic carbocycles. The van der Waals surface area contributed by atoms with Crippen LogP contribution in [0.4, 0.5) is 11.4 Å². The molecule has 0 atom stereocenters. The van der Waals surface area contributed by atoms with Crippen LogP contribution < -0.4 is 5.06 Å². The number of nitrogens with zero attached hydrogens (tertiary/aromatic N) is 3. The number of fused-ring (bicyclic) bond motifs is 3. The molecule has 6 heteroatoms. The highest BCUT2D eigenvalue weighted by Crippen LogP contribution is 2.36. The standard InChI is InChI=1S/C12H9N3O3/c16-12(17)7-5-8-9(14-6-7)1-2-10-11(8)13-3-4-15(10)18/h1-3,5-6,18H,4H2,(H,16,17). The fraction of sp³-hybridized carbons (Fsp3) is 0.0833. The van der Waals surface area contributed by atoms with Gasteiger partial charge in [-0.2, -0.15) is 0 Å². The Labute approximate surface area is 102 Å². The van der Waals surface area contributed by atoms with Crippen LogP contribution in [0.25, 0.3) is 10.9 Å². The molecule has 90 valence electrons. The number of anilines is 1. The number of aromatic nitrogens is 1. The Bertz CT molecular complexity index is 682. The van der Waals surface area contributed by atoms with Gasteiger partial charge in [0, 0.05) is 17.8 Å². The van der Waals surface area contributed by atoms with Gasteiger partial charge in [-0.15, -0.1) is 0 Å². The zero-order valence-electron chi connectivity index (χ0n) is 9.24. The number of pyridine rings is 1. The molecule has 3 rings (SSSR count). The molecule has 6 nitrogen and oxygen atoms in total. The first-order valence-electron chi connectivity index (χ1n) is 5.32. The summed E-state index contributed by atoms with van der Waals surface area (Å²) in [6.45, 7) is 0.310. The van der Waals surface area contributed by atoms with E-state index in [0.29, 0.717) is 28.8 Å². The van der Waals surface area contributed by atoms with Crippen LogP contribution in [0.1, 0.15) is 10.4 Å². The first-order chi connectivity index (χ1) is 8.66. The topological polar surface area (TPSA) is 86.0 Å². The molecule has 0 aliphatic carbocycles. The average Bonchev–Trinajstić information content (AvgIpc) is 2.38. The van der Waals surface area contributed by atoms with Crippen molar-refractivity contribution in [1.82, 2.24) is 4.98 Å². The SMILES string of the molecule is O=C(O)c1cnc2ccc3c(c2c1)N=CCN3O. The molecule has 1 aromatic heterocycles. The van der Waals surface area contributed by atoms with E-state index in [1.165, 1.54) is 12.3 Å². The van der Waals surface area contributed by atoms with Gasteiger partial charge in [-0.1, -0.05) is 0 Å². The van der Waals surface area contributed by atoms with Gasteiger partial charge in [-0.3, -0.25) is 15.2 Å². The second-order valence-corrected chi connectivity index (χ2v) is 3.92. The zero-order chi connectivity index (χ0) is 12.7. The maximum atomic E-state index is 10.9. The lowest BCUT2D eigenvalue weighted by molar-refractivity contribution is 0.0696. The molecule has 1 aliphatic heterocycles. The van der Waals surface area contributed by atoms with Crippen LogP contribution in [0.2, 0.25) is 0 Å². The van der Waals surface area contributed by atoms with Crippen molar-refractivity contribution in [3.05, 3.63) is 30.0 Å². The normalized spacial score (nSPS) is 13.7. The summed E-state index contributed by atoms with van der Waals surface area (Å²) in [6, 6.07) is 4.95. The Morgan fingerprint density at radius 1 is 1.39 bits per heavy atom. The first-order valence-corrected chi connectivity index (χ1v) is 5.32. The summed E-state index contributed by atoms with van der Waals surface area (Å²) < 4.78 is 0. The molecular formula is C12H9N3O3. The second-order valence-electron chi connectivity index (χ2n) is 3.92. The molecule has 2 N–H and O–H groups in total. The number of hydrogen-bond acceptors (Lipinski definition) is 5. The Kier molecular flexibility index (Phi) is 2.24. The van der Waals surface area contributed by atoms with E-state index in [4.69, 9.17) is 5.11 Å². The number of carboxylic acid groups (broad SMARTS) is 1. The zero-order valence-corrected chi connectivity index (χ0v) is 9.24. The van der Waals surface area contributed by atoms with Crippen LogP contribution in [0.3, 0.4) is 0 Å². The minimum Gasteiger partial charge on any atom is -0.478 e. The van der Waals surface area contributed by atoms with Crippen molar-refractivity contribution >= 4 is 34.5 Å². The molecule has 1 aliphatic rings. The number of aliphatic imine (C=N–C) groups is 1. The number of aromatic carboxylic acids is 1. The van der Waals surface area contributed by atoms with Gasteiger partial charge in [-0.25, -0.2) is 9.86 Å². The third-order valence-electron chi connectivity index (χ3n) is 2.82. The summed E-state index contributed by atoms with van der Waals surface area (Å²) in [4.78, 5) is 19.2. The monoisotopic (exact) mass is 243 g/mol. The molecule has 0 unspecified atom stereocenters. The van der Waals surface area contributed by atoms with Gasteiger partial charge in [0.2, 0.25) is 0 Å². The van der Waals surface area contributed by atoms with Gasteiger partial charge in [0.15, 0.2) is 0 Å². The number of hydrogen-bond donors (Lipinski definition) is 2. The Morgan fingerprint density at radius 2 is 2.22 bits per heavy atom. The summed E-state index contributed by atoms with van der Waals surface area (Å²) >= 11 is 0. The van der Waals surface area contributed by atoms with E-state index in [1.54, 1.807) is 18.3 Å². The molecule has 0 fully saturated rings. The van der Waals surface area contributed by atoms with E-state index >= 15 is 0 Å². The summed E-state index contributed by atoms with van der Waals surface area (Å²) in [5, 5.41) is 20.3.